The molecular formula is C23H32N6O7S. The molecule has 2 aromatic rings. The van der Waals surface area contributed by atoms with Crippen LogP contribution in [0.15, 0.2) is 36.8 Å². The molecule has 3 amide bonds. The molecule has 202 valence electrons. The number of hydrogen-bond donors (Lipinski definition) is 8. The summed E-state index contributed by atoms with van der Waals surface area (Å²) in [5, 5.41) is 35.7. The molecule has 0 saturated heterocycles. The van der Waals surface area contributed by atoms with Gasteiger partial charge >= 0.3 is 5.97 Å². The number of H-pyrrole nitrogens is 1. The van der Waals surface area contributed by atoms with Gasteiger partial charge in [0.15, 0.2) is 0 Å². The molecule has 14 heteroatoms. The smallest absolute Gasteiger partial charge is 0.326 e. The highest BCUT2D eigenvalue weighted by molar-refractivity contribution is 7.98. The van der Waals surface area contributed by atoms with Crippen LogP contribution in [0, 0.1) is 0 Å². The molecule has 0 fully saturated rings. The molecule has 9 N–H and O–H groups in total. The topological polar surface area (TPSA) is 220 Å². The Bertz CT molecular complexity index is 1030. The van der Waals surface area contributed by atoms with Crippen molar-refractivity contribution >= 4 is 35.5 Å². The maximum Gasteiger partial charge on any atom is 0.326 e. The van der Waals surface area contributed by atoms with Crippen molar-refractivity contribution in [1.29, 1.82) is 0 Å². The summed E-state index contributed by atoms with van der Waals surface area (Å²) in [5.41, 5.74) is 7.23. The van der Waals surface area contributed by atoms with Crippen LogP contribution in [0.2, 0.25) is 0 Å². The molecule has 0 bridgehead atoms. The second-order valence-electron chi connectivity index (χ2n) is 8.24. The fourth-order valence-electron chi connectivity index (χ4n) is 3.31. The van der Waals surface area contributed by atoms with Gasteiger partial charge in [-0.1, -0.05) is 12.1 Å². The number of nitrogens with two attached hydrogens (primary N) is 1. The Kier molecular flexibility index (Phi) is 11.9. The third kappa shape index (κ3) is 9.74. The average molecular weight is 537 g/mol. The van der Waals surface area contributed by atoms with Gasteiger partial charge in [0.05, 0.1) is 19.0 Å². The second kappa shape index (κ2) is 14.8. The summed E-state index contributed by atoms with van der Waals surface area (Å²) in [6, 6.07) is 1.31. The average Bonchev–Trinajstić information content (AvgIpc) is 3.38. The van der Waals surface area contributed by atoms with Crippen LogP contribution >= 0.6 is 11.8 Å². The highest BCUT2D eigenvalue weighted by atomic mass is 32.2. The van der Waals surface area contributed by atoms with Crippen LogP contribution in [0.25, 0.3) is 0 Å². The number of phenolic OH excluding ortho intramolecular Hbond substituents is 1. The van der Waals surface area contributed by atoms with Crippen molar-refractivity contribution in [3.8, 4) is 5.75 Å². The summed E-state index contributed by atoms with van der Waals surface area (Å²) in [5.74, 6) is -2.99. The summed E-state index contributed by atoms with van der Waals surface area (Å²) in [6.07, 6.45) is 4.93. The van der Waals surface area contributed by atoms with E-state index in [1.54, 1.807) is 18.4 Å². The Morgan fingerprint density at radius 1 is 1.00 bits per heavy atom. The number of benzene rings is 1. The minimum Gasteiger partial charge on any atom is -0.508 e. The molecule has 0 aliphatic heterocycles. The number of aromatic hydroxyl groups is 1. The zero-order chi connectivity index (χ0) is 27.4. The van der Waals surface area contributed by atoms with Crippen LogP contribution in [0.1, 0.15) is 17.7 Å². The third-order valence-electron chi connectivity index (χ3n) is 5.38. The first-order valence-electron chi connectivity index (χ1n) is 11.4. The molecule has 1 aromatic carbocycles. The molecule has 0 aliphatic carbocycles. The molecule has 13 nitrogen and oxygen atoms in total. The molecule has 1 aromatic heterocycles. The van der Waals surface area contributed by atoms with Crippen molar-refractivity contribution in [1.82, 2.24) is 25.9 Å². The van der Waals surface area contributed by atoms with Gasteiger partial charge in [-0.25, -0.2) is 9.78 Å². The van der Waals surface area contributed by atoms with Gasteiger partial charge < -0.3 is 42.0 Å². The molecule has 4 atom stereocenters. The molecule has 0 saturated carbocycles. The van der Waals surface area contributed by atoms with E-state index in [0.717, 1.165) is 0 Å². The number of phenols is 1. The van der Waals surface area contributed by atoms with Crippen molar-refractivity contribution in [3.05, 3.63) is 48.0 Å². The molecule has 0 aliphatic rings. The lowest BCUT2D eigenvalue weighted by Crippen LogP contribution is -2.58. The van der Waals surface area contributed by atoms with E-state index < -0.39 is 54.5 Å². The van der Waals surface area contributed by atoms with Crippen molar-refractivity contribution in [2.24, 2.45) is 5.73 Å². The van der Waals surface area contributed by atoms with Gasteiger partial charge in [-0.15, -0.1) is 0 Å². The van der Waals surface area contributed by atoms with Crippen LogP contribution in [-0.4, -0.2) is 91.8 Å². The van der Waals surface area contributed by atoms with Crippen molar-refractivity contribution in [2.75, 3.05) is 18.6 Å². The highest BCUT2D eigenvalue weighted by Gasteiger charge is 2.30. The standard InChI is InChI=1S/C23H32N6O7S/c1-37-7-6-17(23(35)36)27-22(34)19(11-30)29-21(33)18(9-14-10-25-12-26-14)28-20(32)16(24)8-13-2-4-15(31)5-3-13/h2-5,10,12,16-19,30-31H,6-9,11,24H2,1H3,(H,25,26)(H,27,34)(H,28,32)(H,29,33)(H,35,36). The van der Waals surface area contributed by atoms with Gasteiger partial charge in [0.25, 0.3) is 0 Å². The highest BCUT2D eigenvalue weighted by Crippen LogP contribution is 2.11. The second-order valence-corrected chi connectivity index (χ2v) is 9.23. The number of nitrogens with zero attached hydrogens (tertiary/aromatic N) is 1. The molecule has 37 heavy (non-hydrogen) atoms. The monoisotopic (exact) mass is 536 g/mol. The number of nitrogens with one attached hydrogen (secondary N) is 4. The number of aromatic amines is 1. The number of amides is 3. The lowest BCUT2D eigenvalue weighted by molar-refractivity contribution is -0.142. The molecule has 4 unspecified atom stereocenters. The fraction of sp³-hybridized carbons (Fsp3) is 0.435. The molecule has 1 heterocycles. The van der Waals surface area contributed by atoms with E-state index in [4.69, 9.17) is 5.73 Å². The van der Waals surface area contributed by atoms with Crippen LogP contribution in [0.4, 0.5) is 0 Å². The van der Waals surface area contributed by atoms with Crippen LogP contribution in [0.3, 0.4) is 0 Å². The Hall–Kier alpha value is -3.62. The maximum atomic E-state index is 13.0. The molecule has 2 rings (SSSR count). The van der Waals surface area contributed by atoms with E-state index in [1.165, 1.54) is 36.4 Å². The van der Waals surface area contributed by atoms with Crippen molar-refractivity contribution < 1.29 is 34.5 Å². The van der Waals surface area contributed by atoms with Crippen LogP contribution in [-0.2, 0) is 32.0 Å². The van der Waals surface area contributed by atoms with E-state index in [-0.39, 0.29) is 25.0 Å². The first kappa shape index (κ1) is 29.6. The van der Waals surface area contributed by atoms with Gasteiger partial charge in [-0.05, 0) is 42.5 Å². The largest absolute Gasteiger partial charge is 0.508 e. The van der Waals surface area contributed by atoms with E-state index in [1.807, 2.05) is 0 Å². The minimum atomic E-state index is -1.45. The summed E-state index contributed by atoms with van der Waals surface area (Å²) < 4.78 is 0. The summed E-state index contributed by atoms with van der Waals surface area (Å²) in [4.78, 5) is 56.6. The Balaban J connectivity index is 2.08. The normalized spacial score (nSPS) is 14.1. The van der Waals surface area contributed by atoms with E-state index in [0.29, 0.717) is 17.0 Å². The van der Waals surface area contributed by atoms with E-state index in [9.17, 15) is 34.5 Å². The van der Waals surface area contributed by atoms with Gasteiger partial charge in [-0.3, -0.25) is 14.4 Å². The lowest BCUT2D eigenvalue weighted by Gasteiger charge is -2.24. The van der Waals surface area contributed by atoms with Crippen molar-refractivity contribution in [2.45, 2.75) is 43.4 Å². The van der Waals surface area contributed by atoms with E-state index >= 15 is 0 Å². The van der Waals surface area contributed by atoms with Gasteiger partial charge in [0.2, 0.25) is 17.7 Å². The lowest BCUT2D eigenvalue weighted by atomic mass is 10.0. The van der Waals surface area contributed by atoms with Gasteiger partial charge in [0.1, 0.15) is 23.9 Å². The number of aromatic nitrogens is 2. The zero-order valence-electron chi connectivity index (χ0n) is 20.2. The summed E-state index contributed by atoms with van der Waals surface area (Å²) in [6.45, 7) is -0.794. The number of carbonyl (C=O) groups is 4. The number of imidazole rings is 1. The van der Waals surface area contributed by atoms with Crippen LogP contribution < -0.4 is 21.7 Å². The minimum absolute atomic E-state index is 0.0191. The van der Waals surface area contributed by atoms with E-state index in [2.05, 4.69) is 25.9 Å². The Morgan fingerprint density at radius 3 is 2.19 bits per heavy atom. The molecule has 0 radical (unpaired) electrons. The zero-order valence-corrected chi connectivity index (χ0v) is 21.0. The molecule has 0 spiro atoms. The number of carboxylic acid groups (broad SMARTS) is 1. The predicted octanol–water partition coefficient (Wildman–Crippen LogP) is -1.49. The summed E-state index contributed by atoms with van der Waals surface area (Å²) in [7, 11) is 0. The number of aliphatic carboxylic acids is 1. The Morgan fingerprint density at radius 2 is 1.62 bits per heavy atom. The SMILES string of the molecule is CSCCC(NC(=O)C(CO)NC(=O)C(Cc1cnc[nH]1)NC(=O)C(N)Cc1ccc(O)cc1)C(=O)O. The number of carboxylic acids is 1. The maximum absolute atomic E-state index is 13.0. The number of aliphatic hydroxyl groups excluding tert-OH is 1. The number of carbonyl (C=O) groups excluding carboxylic acids is 3. The molecular weight excluding hydrogens is 504 g/mol. The summed E-state index contributed by atoms with van der Waals surface area (Å²) >= 11 is 1.41. The fourth-order valence-corrected chi connectivity index (χ4v) is 3.79. The number of rotatable bonds is 15. The van der Waals surface area contributed by atoms with Gasteiger partial charge in [0, 0.05) is 18.3 Å². The number of thioether (sulfide) groups is 1. The third-order valence-corrected chi connectivity index (χ3v) is 6.03. The predicted molar refractivity (Wildman–Crippen MR) is 136 cm³/mol. The first-order valence-corrected chi connectivity index (χ1v) is 12.8. The number of aliphatic hydroxyl groups is 1. The van der Waals surface area contributed by atoms with Crippen LogP contribution in [0.5, 0.6) is 5.75 Å². The Labute approximate surface area is 217 Å². The van der Waals surface area contributed by atoms with Crippen molar-refractivity contribution in [3.63, 3.8) is 0 Å². The first-order chi connectivity index (χ1) is 17.6. The quantitative estimate of drug-likeness (QED) is 0.132. The number of hydrogen-bond acceptors (Lipinski definition) is 9. The van der Waals surface area contributed by atoms with Gasteiger partial charge in [-0.2, -0.15) is 11.8 Å².